The molecule has 5 rings (SSSR count). The quantitative estimate of drug-likeness (QED) is 0.335. The summed E-state index contributed by atoms with van der Waals surface area (Å²) in [5.74, 6) is 2.29. The van der Waals surface area contributed by atoms with Gasteiger partial charge < -0.3 is 14.2 Å². The Morgan fingerprint density at radius 1 is 1.08 bits per heavy atom. The van der Waals surface area contributed by atoms with E-state index in [4.69, 9.17) is 14.2 Å². The van der Waals surface area contributed by atoms with Gasteiger partial charge in [0, 0.05) is 37.5 Å². The van der Waals surface area contributed by atoms with Crippen molar-refractivity contribution < 1.29 is 23.8 Å². The highest BCUT2D eigenvalue weighted by atomic mass is 16.5. The van der Waals surface area contributed by atoms with E-state index in [-0.39, 0.29) is 41.5 Å². The van der Waals surface area contributed by atoms with E-state index in [1.807, 2.05) is 6.92 Å². The maximum atomic E-state index is 13.2. The lowest BCUT2D eigenvalue weighted by Gasteiger charge is -2.32. The number of carbonyl (C=O) groups is 2. The summed E-state index contributed by atoms with van der Waals surface area (Å²) in [4.78, 5) is 25.2. The number of benzene rings is 1. The van der Waals surface area contributed by atoms with Gasteiger partial charge in [0.2, 0.25) is 0 Å². The first-order chi connectivity index (χ1) is 18.5. The Morgan fingerprint density at radius 3 is 2.58 bits per heavy atom. The van der Waals surface area contributed by atoms with Crippen LogP contribution in [-0.4, -0.2) is 31.6 Å². The van der Waals surface area contributed by atoms with E-state index in [1.54, 1.807) is 7.11 Å². The van der Waals surface area contributed by atoms with Gasteiger partial charge in [-0.1, -0.05) is 49.4 Å². The van der Waals surface area contributed by atoms with Gasteiger partial charge in [-0.2, -0.15) is 0 Å². The summed E-state index contributed by atoms with van der Waals surface area (Å²) in [6.45, 7) is 2.47. The fourth-order valence-corrected chi connectivity index (χ4v) is 6.42. The molecule has 1 aromatic rings. The van der Waals surface area contributed by atoms with Crippen molar-refractivity contribution in [2.45, 2.75) is 70.8 Å². The van der Waals surface area contributed by atoms with Crippen molar-refractivity contribution in [1.29, 1.82) is 0 Å². The Labute approximate surface area is 226 Å². The molecule has 0 aromatic heterocycles. The summed E-state index contributed by atoms with van der Waals surface area (Å²) < 4.78 is 17.5. The van der Waals surface area contributed by atoms with Crippen LogP contribution >= 0.6 is 0 Å². The van der Waals surface area contributed by atoms with E-state index in [2.05, 4.69) is 54.6 Å². The van der Waals surface area contributed by atoms with Crippen LogP contribution in [0.4, 0.5) is 0 Å². The first kappa shape index (κ1) is 26.5. The monoisotopic (exact) mass is 516 g/mol. The summed E-state index contributed by atoms with van der Waals surface area (Å²) in [6.07, 6.45) is 18.2. The van der Waals surface area contributed by atoms with Gasteiger partial charge in [-0.3, -0.25) is 9.59 Å². The summed E-state index contributed by atoms with van der Waals surface area (Å²) in [7, 11) is 1.69. The van der Waals surface area contributed by atoms with Crippen molar-refractivity contribution >= 4 is 11.8 Å². The smallest absolute Gasteiger partial charge is 0.306 e. The summed E-state index contributed by atoms with van der Waals surface area (Å²) in [5.41, 5.74) is 3.98. The van der Waals surface area contributed by atoms with Crippen LogP contribution in [0.15, 0.2) is 71.7 Å². The molecular weight excluding hydrogens is 476 g/mol. The van der Waals surface area contributed by atoms with Crippen molar-refractivity contribution in [3.63, 3.8) is 0 Å². The maximum absolute atomic E-state index is 13.2. The highest BCUT2D eigenvalue weighted by Gasteiger charge is 2.33. The minimum atomic E-state index is -0.141. The van der Waals surface area contributed by atoms with E-state index in [9.17, 15) is 9.59 Å². The second-order valence-corrected chi connectivity index (χ2v) is 11.3. The third-order valence-electron chi connectivity index (χ3n) is 8.60. The summed E-state index contributed by atoms with van der Waals surface area (Å²) >= 11 is 0. The molecule has 3 unspecified atom stereocenters. The Morgan fingerprint density at radius 2 is 1.87 bits per heavy atom. The number of carbonyl (C=O) groups excluding carboxylic acids is 2. The first-order valence-corrected chi connectivity index (χ1v) is 14.2. The number of fused-ring (bicyclic) bond motifs is 1. The number of Topliss-reactive ketones (excluding diaryl/α,β-unsaturated/α-hetero) is 1. The molecule has 1 aromatic carbocycles. The second-order valence-electron chi connectivity index (χ2n) is 11.3. The number of methoxy groups -OCH3 is 1. The minimum Gasteiger partial charge on any atom is -0.493 e. The van der Waals surface area contributed by atoms with Crippen LogP contribution in [0, 0.1) is 23.7 Å². The van der Waals surface area contributed by atoms with Gasteiger partial charge >= 0.3 is 5.97 Å². The fraction of sp³-hybridized carbons (Fsp3) is 0.515. The van der Waals surface area contributed by atoms with Crippen LogP contribution in [-0.2, 0) is 36.6 Å². The molecule has 1 heterocycles. The summed E-state index contributed by atoms with van der Waals surface area (Å²) in [5, 5.41) is 0. The number of esters is 1. The number of hydrogen-bond acceptors (Lipinski definition) is 5. The maximum Gasteiger partial charge on any atom is 0.306 e. The zero-order valence-corrected chi connectivity index (χ0v) is 22.7. The van der Waals surface area contributed by atoms with Gasteiger partial charge in [0.1, 0.15) is 11.9 Å². The van der Waals surface area contributed by atoms with Gasteiger partial charge in [0.05, 0.1) is 13.7 Å². The Bertz CT molecular complexity index is 1130. The molecule has 3 aliphatic carbocycles. The zero-order valence-electron chi connectivity index (χ0n) is 22.7. The molecule has 0 amide bonds. The van der Waals surface area contributed by atoms with Crippen LogP contribution in [0.5, 0.6) is 0 Å². The minimum absolute atomic E-state index is 0.0477. The summed E-state index contributed by atoms with van der Waals surface area (Å²) in [6, 6.07) is 8.53. The molecule has 1 saturated heterocycles. The van der Waals surface area contributed by atoms with Crippen LogP contribution in [0.3, 0.4) is 0 Å². The average molecular weight is 517 g/mol. The molecule has 38 heavy (non-hydrogen) atoms. The number of hydrogen-bond donors (Lipinski definition) is 0. The van der Waals surface area contributed by atoms with Gasteiger partial charge in [-0.15, -0.1) is 0 Å². The SMILES string of the molecule is COC1=CCC(CC(C)C(=O)CCC2CC(=O)OC[C@H]2C2=CCCC=C2)C=C1OC1Cc2ccccc2C1. The predicted octanol–water partition coefficient (Wildman–Crippen LogP) is 6.44. The molecule has 202 valence electrons. The Kier molecular flexibility index (Phi) is 8.51. The van der Waals surface area contributed by atoms with Crippen molar-refractivity contribution in [1.82, 2.24) is 0 Å². The lowest BCUT2D eigenvalue weighted by atomic mass is 9.77. The molecule has 0 radical (unpaired) electrons. The van der Waals surface area contributed by atoms with Crippen molar-refractivity contribution in [3.8, 4) is 0 Å². The number of allylic oxidation sites excluding steroid dienone is 5. The van der Waals surface area contributed by atoms with Crippen LogP contribution in [0.25, 0.3) is 0 Å². The molecule has 5 heteroatoms. The highest BCUT2D eigenvalue weighted by molar-refractivity contribution is 5.80. The van der Waals surface area contributed by atoms with Crippen molar-refractivity contribution in [2.24, 2.45) is 23.7 Å². The third-order valence-corrected chi connectivity index (χ3v) is 8.60. The average Bonchev–Trinajstić information content (AvgIpc) is 3.35. The number of ketones is 1. The molecule has 1 aliphatic heterocycles. The lowest BCUT2D eigenvalue weighted by Crippen LogP contribution is -2.32. The molecular formula is C33H40O5. The Balaban J connectivity index is 1.16. The zero-order chi connectivity index (χ0) is 26.5. The number of cyclic esters (lactones) is 1. The largest absolute Gasteiger partial charge is 0.493 e. The van der Waals surface area contributed by atoms with Crippen molar-refractivity contribution in [3.05, 3.63) is 82.9 Å². The molecule has 5 nitrogen and oxygen atoms in total. The highest BCUT2D eigenvalue weighted by Crippen LogP contribution is 2.36. The molecule has 4 aliphatic rings. The van der Waals surface area contributed by atoms with E-state index < -0.39 is 0 Å². The standard InChI is InChI=1S/C33H40O5/c1-22(30(34)14-13-27-20-33(35)37-21-29(27)24-8-4-3-5-9-24)16-23-12-15-31(36-2)32(17-23)38-28-18-25-10-6-7-11-26(25)19-28/h4,6-11,15,17,22-23,27-29H,3,5,12-14,16,18-21H2,1-2H3/t22?,23?,27?,29-/m0/s1. The lowest BCUT2D eigenvalue weighted by molar-refractivity contribution is -0.152. The predicted molar refractivity (Wildman–Crippen MR) is 147 cm³/mol. The van der Waals surface area contributed by atoms with Gasteiger partial charge in [0.15, 0.2) is 11.5 Å². The van der Waals surface area contributed by atoms with E-state index in [0.717, 1.165) is 56.5 Å². The molecule has 0 N–H and O–H groups in total. The molecule has 4 atom stereocenters. The van der Waals surface area contributed by atoms with Crippen LogP contribution < -0.4 is 0 Å². The van der Waals surface area contributed by atoms with E-state index >= 15 is 0 Å². The van der Waals surface area contributed by atoms with E-state index in [0.29, 0.717) is 19.4 Å². The van der Waals surface area contributed by atoms with Gasteiger partial charge in [-0.25, -0.2) is 0 Å². The second kappa shape index (κ2) is 12.2. The van der Waals surface area contributed by atoms with Crippen molar-refractivity contribution in [2.75, 3.05) is 13.7 Å². The van der Waals surface area contributed by atoms with Gasteiger partial charge in [-0.05, 0) is 72.8 Å². The first-order valence-electron chi connectivity index (χ1n) is 14.2. The molecule has 0 bridgehead atoms. The van der Waals surface area contributed by atoms with Gasteiger partial charge in [0.25, 0.3) is 0 Å². The molecule has 1 fully saturated rings. The van der Waals surface area contributed by atoms with Crippen LogP contribution in [0.1, 0.15) is 63.0 Å². The topological polar surface area (TPSA) is 61.8 Å². The molecule has 0 spiro atoms. The number of rotatable bonds is 10. The number of ether oxygens (including phenoxy) is 3. The normalized spacial score (nSPS) is 26.0. The fourth-order valence-electron chi connectivity index (χ4n) is 6.42. The molecule has 0 saturated carbocycles. The Hall–Kier alpha value is -3.08. The van der Waals surface area contributed by atoms with Crippen LogP contribution in [0.2, 0.25) is 0 Å². The third kappa shape index (κ3) is 6.31. The van der Waals surface area contributed by atoms with E-state index in [1.165, 1.54) is 16.7 Å².